The molecule has 15 heavy (non-hydrogen) atoms. The number of rotatable bonds is 1. The van der Waals surface area contributed by atoms with Crippen molar-refractivity contribution in [2.75, 3.05) is 0 Å². The van der Waals surface area contributed by atoms with Gasteiger partial charge in [0, 0.05) is 6.04 Å². The summed E-state index contributed by atoms with van der Waals surface area (Å²) in [6.45, 7) is 6.25. The SMILES string of the molecule is CC(C)N1C(=O)Cc2ccccc2C1C. The Morgan fingerprint density at radius 2 is 2.00 bits per heavy atom. The van der Waals surface area contributed by atoms with Crippen LogP contribution in [0.25, 0.3) is 0 Å². The van der Waals surface area contributed by atoms with Crippen LogP contribution in [-0.2, 0) is 11.2 Å². The summed E-state index contributed by atoms with van der Waals surface area (Å²) < 4.78 is 0. The number of hydrogen-bond donors (Lipinski definition) is 0. The van der Waals surface area contributed by atoms with Crippen molar-refractivity contribution in [3.8, 4) is 0 Å². The molecule has 1 aromatic carbocycles. The lowest BCUT2D eigenvalue weighted by atomic mass is 9.92. The van der Waals surface area contributed by atoms with Crippen LogP contribution in [0.15, 0.2) is 24.3 Å². The van der Waals surface area contributed by atoms with E-state index in [2.05, 4.69) is 32.9 Å². The zero-order chi connectivity index (χ0) is 11.0. The van der Waals surface area contributed by atoms with Gasteiger partial charge in [-0.15, -0.1) is 0 Å². The molecule has 2 nitrogen and oxygen atoms in total. The Morgan fingerprint density at radius 3 is 2.67 bits per heavy atom. The highest BCUT2D eigenvalue weighted by atomic mass is 16.2. The molecule has 0 saturated carbocycles. The Kier molecular flexibility index (Phi) is 2.51. The van der Waals surface area contributed by atoms with E-state index in [-0.39, 0.29) is 18.0 Å². The first-order valence-corrected chi connectivity index (χ1v) is 5.50. The molecule has 1 amide bonds. The fourth-order valence-corrected chi connectivity index (χ4v) is 2.46. The molecule has 1 aromatic rings. The minimum Gasteiger partial charge on any atom is -0.333 e. The van der Waals surface area contributed by atoms with E-state index in [0.29, 0.717) is 6.42 Å². The van der Waals surface area contributed by atoms with Crippen LogP contribution in [0.5, 0.6) is 0 Å². The van der Waals surface area contributed by atoms with Gasteiger partial charge in [-0.1, -0.05) is 24.3 Å². The van der Waals surface area contributed by atoms with Gasteiger partial charge in [0.2, 0.25) is 5.91 Å². The summed E-state index contributed by atoms with van der Waals surface area (Å²) in [7, 11) is 0. The van der Waals surface area contributed by atoms with E-state index in [4.69, 9.17) is 0 Å². The maximum Gasteiger partial charge on any atom is 0.227 e. The fourth-order valence-electron chi connectivity index (χ4n) is 2.46. The second kappa shape index (κ2) is 3.69. The maximum atomic E-state index is 11.9. The highest BCUT2D eigenvalue weighted by Gasteiger charge is 2.30. The van der Waals surface area contributed by atoms with Gasteiger partial charge in [0.15, 0.2) is 0 Å². The summed E-state index contributed by atoms with van der Waals surface area (Å²) in [6.07, 6.45) is 0.554. The molecule has 0 saturated heterocycles. The van der Waals surface area contributed by atoms with Crippen molar-refractivity contribution < 1.29 is 4.79 Å². The van der Waals surface area contributed by atoms with E-state index in [1.54, 1.807) is 0 Å². The van der Waals surface area contributed by atoms with Crippen molar-refractivity contribution in [2.24, 2.45) is 0 Å². The van der Waals surface area contributed by atoms with Gasteiger partial charge in [-0.3, -0.25) is 4.79 Å². The Bertz CT molecular complexity index is 384. The molecule has 1 atom stereocenters. The first-order chi connectivity index (χ1) is 7.11. The van der Waals surface area contributed by atoms with Crippen molar-refractivity contribution in [3.63, 3.8) is 0 Å². The molecule has 0 fully saturated rings. The zero-order valence-electron chi connectivity index (χ0n) is 9.53. The second-order valence-corrected chi connectivity index (χ2v) is 4.45. The third kappa shape index (κ3) is 1.65. The molecule has 0 bridgehead atoms. The Labute approximate surface area is 90.9 Å². The monoisotopic (exact) mass is 203 g/mol. The number of fused-ring (bicyclic) bond motifs is 1. The molecule has 1 aliphatic heterocycles. The van der Waals surface area contributed by atoms with Crippen LogP contribution in [0.3, 0.4) is 0 Å². The number of carbonyl (C=O) groups excluding carboxylic acids is 1. The largest absolute Gasteiger partial charge is 0.333 e. The van der Waals surface area contributed by atoms with Crippen LogP contribution in [0.1, 0.15) is 37.9 Å². The Morgan fingerprint density at radius 1 is 1.33 bits per heavy atom. The van der Waals surface area contributed by atoms with Crippen molar-refractivity contribution in [3.05, 3.63) is 35.4 Å². The van der Waals surface area contributed by atoms with Gasteiger partial charge in [0.05, 0.1) is 12.5 Å². The van der Waals surface area contributed by atoms with Crippen LogP contribution >= 0.6 is 0 Å². The molecular weight excluding hydrogens is 186 g/mol. The number of nitrogens with zero attached hydrogens (tertiary/aromatic N) is 1. The van der Waals surface area contributed by atoms with Crippen LogP contribution in [0, 0.1) is 0 Å². The summed E-state index contributed by atoms with van der Waals surface area (Å²) >= 11 is 0. The van der Waals surface area contributed by atoms with Gasteiger partial charge in [0.1, 0.15) is 0 Å². The van der Waals surface area contributed by atoms with Gasteiger partial charge in [-0.25, -0.2) is 0 Å². The fraction of sp³-hybridized carbons (Fsp3) is 0.462. The predicted octanol–water partition coefficient (Wildman–Crippen LogP) is 2.54. The van der Waals surface area contributed by atoms with E-state index >= 15 is 0 Å². The third-order valence-electron chi connectivity index (χ3n) is 3.11. The summed E-state index contributed by atoms with van der Waals surface area (Å²) in [5, 5.41) is 0. The Balaban J connectivity index is 2.43. The minimum absolute atomic E-state index is 0.211. The second-order valence-electron chi connectivity index (χ2n) is 4.45. The van der Waals surface area contributed by atoms with E-state index in [9.17, 15) is 4.79 Å². The molecule has 80 valence electrons. The van der Waals surface area contributed by atoms with Crippen molar-refractivity contribution >= 4 is 5.91 Å². The molecule has 2 heteroatoms. The minimum atomic E-state index is 0.211. The van der Waals surface area contributed by atoms with Gasteiger partial charge in [0.25, 0.3) is 0 Å². The van der Waals surface area contributed by atoms with Crippen molar-refractivity contribution in [2.45, 2.75) is 39.3 Å². The predicted molar refractivity (Wildman–Crippen MR) is 60.5 cm³/mol. The normalized spacial score (nSPS) is 20.7. The number of amides is 1. The average molecular weight is 203 g/mol. The first kappa shape index (κ1) is 10.2. The van der Waals surface area contributed by atoms with Gasteiger partial charge in [-0.05, 0) is 31.9 Å². The van der Waals surface area contributed by atoms with Crippen LogP contribution < -0.4 is 0 Å². The number of hydrogen-bond acceptors (Lipinski definition) is 1. The lowest BCUT2D eigenvalue weighted by Crippen LogP contribution is -2.43. The molecule has 1 aliphatic rings. The highest BCUT2D eigenvalue weighted by Crippen LogP contribution is 2.31. The van der Waals surface area contributed by atoms with E-state index in [1.165, 1.54) is 11.1 Å². The smallest absolute Gasteiger partial charge is 0.227 e. The molecule has 0 aromatic heterocycles. The lowest BCUT2D eigenvalue weighted by molar-refractivity contribution is -0.135. The summed E-state index contributed by atoms with van der Waals surface area (Å²) in [5.74, 6) is 0.246. The van der Waals surface area contributed by atoms with E-state index in [0.717, 1.165) is 0 Å². The molecule has 0 radical (unpaired) electrons. The Hall–Kier alpha value is -1.31. The van der Waals surface area contributed by atoms with Crippen LogP contribution in [-0.4, -0.2) is 16.8 Å². The number of benzene rings is 1. The quantitative estimate of drug-likeness (QED) is 0.687. The highest BCUT2D eigenvalue weighted by molar-refractivity contribution is 5.81. The third-order valence-corrected chi connectivity index (χ3v) is 3.11. The van der Waals surface area contributed by atoms with Crippen molar-refractivity contribution in [1.29, 1.82) is 0 Å². The molecule has 1 unspecified atom stereocenters. The standard InChI is InChI=1S/C13H17NO/c1-9(2)14-10(3)12-7-5-4-6-11(12)8-13(14)15/h4-7,9-10H,8H2,1-3H3. The van der Waals surface area contributed by atoms with Crippen LogP contribution in [0.2, 0.25) is 0 Å². The summed E-state index contributed by atoms with van der Waals surface area (Å²) in [6, 6.07) is 8.72. The zero-order valence-corrected chi connectivity index (χ0v) is 9.53. The molecule has 2 rings (SSSR count). The van der Waals surface area contributed by atoms with Gasteiger partial charge in [-0.2, -0.15) is 0 Å². The molecule has 0 N–H and O–H groups in total. The molecular formula is C13H17NO. The lowest BCUT2D eigenvalue weighted by Gasteiger charge is -2.38. The summed E-state index contributed by atoms with van der Waals surface area (Å²) in [4.78, 5) is 13.9. The van der Waals surface area contributed by atoms with Gasteiger partial charge >= 0.3 is 0 Å². The molecule has 0 aliphatic carbocycles. The molecule has 0 spiro atoms. The van der Waals surface area contributed by atoms with Crippen LogP contribution in [0.4, 0.5) is 0 Å². The van der Waals surface area contributed by atoms with Crippen molar-refractivity contribution in [1.82, 2.24) is 4.90 Å². The van der Waals surface area contributed by atoms with Gasteiger partial charge < -0.3 is 4.90 Å². The summed E-state index contributed by atoms with van der Waals surface area (Å²) in [5.41, 5.74) is 2.48. The first-order valence-electron chi connectivity index (χ1n) is 5.50. The van der Waals surface area contributed by atoms with E-state index in [1.807, 2.05) is 17.0 Å². The topological polar surface area (TPSA) is 20.3 Å². The van der Waals surface area contributed by atoms with E-state index < -0.39 is 0 Å². The molecule has 1 heterocycles. The average Bonchev–Trinajstić information content (AvgIpc) is 2.17. The number of carbonyl (C=O) groups is 1. The maximum absolute atomic E-state index is 11.9.